The molecule has 0 heterocycles. The number of hydrogen-bond donors (Lipinski definition) is 2. The molecule has 2 rings (SSSR count). The third-order valence-corrected chi connectivity index (χ3v) is 4.04. The minimum atomic E-state index is -0.181. The van der Waals surface area contributed by atoms with Crippen molar-refractivity contribution < 1.29 is 4.79 Å². The van der Waals surface area contributed by atoms with Gasteiger partial charge in [0.25, 0.3) is 0 Å². The van der Waals surface area contributed by atoms with Crippen LogP contribution in [0.4, 0.5) is 5.69 Å². The van der Waals surface area contributed by atoms with Crippen LogP contribution in [0.1, 0.15) is 11.1 Å². The first-order valence-electron chi connectivity index (χ1n) is 6.43. The van der Waals surface area contributed by atoms with E-state index in [0.29, 0.717) is 0 Å². The van der Waals surface area contributed by atoms with Crippen molar-refractivity contribution in [3.8, 4) is 0 Å². The van der Waals surface area contributed by atoms with Crippen LogP contribution < -0.4 is 11.1 Å². The van der Waals surface area contributed by atoms with Crippen LogP contribution in [0.2, 0.25) is 0 Å². The van der Waals surface area contributed by atoms with Crippen molar-refractivity contribution in [2.24, 2.45) is 5.73 Å². The number of hydrogen-bond acceptors (Lipinski definition) is 3. The van der Waals surface area contributed by atoms with Gasteiger partial charge in [-0.25, -0.2) is 0 Å². The molecule has 3 nitrogen and oxygen atoms in total. The summed E-state index contributed by atoms with van der Waals surface area (Å²) in [5.74, 6) is -0.181. The lowest BCUT2D eigenvalue weighted by atomic mass is 10.1. The lowest BCUT2D eigenvalue weighted by Crippen LogP contribution is -2.21. The van der Waals surface area contributed by atoms with Gasteiger partial charge in [0.2, 0.25) is 5.91 Å². The first-order chi connectivity index (χ1) is 9.58. The van der Waals surface area contributed by atoms with E-state index >= 15 is 0 Å². The number of nitrogens with two attached hydrogens (primary N) is 1. The fraction of sp³-hybridized carbons (Fsp3) is 0.188. The van der Waals surface area contributed by atoms with Crippen molar-refractivity contribution in [3.05, 3.63) is 53.6 Å². The summed E-state index contributed by atoms with van der Waals surface area (Å²) >= 11 is 1.71. The van der Waals surface area contributed by atoms with Gasteiger partial charge in [-0.3, -0.25) is 4.79 Å². The molecule has 0 spiro atoms. The van der Waals surface area contributed by atoms with Gasteiger partial charge in [0.15, 0.2) is 0 Å². The molecule has 0 saturated heterocycles. The molecule has 0 aliphatic heterocycles. The standard InChI is InChI=1S/C16H18N2OS/c1-11-3-6-15(9-12(11)2)20-14-7-4-13(5-8-14)18-16(19)10-17/h3-9H,10,17H2,1-2H3,(H,18,19). The van der Waals surface area contributed by atoms with E-state index in [9.17, 15) is 4.79 Å². The van der Waals surface area contributed by atoms with E-state index in [1.807, 2.05) is 24.3 Å². The lowest BCUT2D eigenvalue weighted by molar-refractivity contribution is -0.114. The molecule has 0 fully saturated rings. The predicted octanol–water partition coefficient (Wildman–Crippen LogP) is 3.35. The summed E-state index contributed by atoms with van der Waals surface area (Å²) in [4.78, 5) is 13.5. The van der Waals surface area contributed by atoms with Gasteiger partial charge in [0, 0.05) is 15.5 Å². The van der Waals surface area contributed by atoms with E-state index in [1.165, 1.54) is 16.0 Å². The summed E-state index contributed by atoms with van der Waals surface area (Å²) in [6.07, 6.45) is 0. The molecule has 0 unspecified atom stereocenters. The third-order valence-electron chi connectivity index (χ3n) is 3.04. The van der Waals surface area contributed by atoms with Gasteiger partial charge < -0.3 is 11.1 Å². The van der Waals surface area contributed by atoms with Gasteiger partial charge in [-0.1, -0.05) is 17.8 Å². The van der Waals surface area contributed by atoms with E-state index in [1.54, 1.807) is 11.8 Å². The Bertz CT molecular complexity index is 608. The maximum Gasteiger partial charge on any atom is 0.238 e. The first kappa shape index (κ1) is 14.6. The Morgan fingerprint density at radius 2 is 1.70 bits per heavy atom. The molecule has 3 N–H and O–H groups in total. The van der Waals surface area contributed by atoms with Gasteiger partial charge in [-0.05, 0) is 61.4 Å². The predicted molar refractivity (Wildman–Crippen MR) is 84.2 cm³/mol. The van der Waals surface area contributed by atoms with E-state index < -0.39 is 0 Å². The quantitative estimate of drug-likeness (QED) is 0.906. The Labute approximate surface area is 123 Å². The number of carbonyl (C=O) groups is 1. The highest BCUT2D eigenvalue weighted by Crippen LogP contribution is 2.29. The van der Waals surface area contributed by atoms with Gasteiger partial charge in [-0.15, -0.1) is 0 Å². The fourth-order valence-electron chi connectivity index (χ4n) is 1.73. The molecule has 0 saturated carbocycles. The molecule has 0 aromatic heterocycles. The van der Waals surface area contributed by atoms with Crippen molar-refractivity contribution in [3.63, 3.8) is 0 Å². The summed E-state index contributed by atoms with van der Waals surface area (Å²) in [5.41, 5.74) is 8.62. The molecular formula is C16H18N2OS. The molecule has 0 aliphatic carbocycles. The van der Waals surface area contributed by atoms with Crippen LogP contribution in [0.15, 0.2) is 52.3 Å². The van der Waals surface area contributed by atoms with Crippen LogP contribution in [0.25, 0.3) is 0 Å². The van der Waals surface area contributed by atoms with Crippen molar-refractivity contribution in [1.29, 1.82) is 0 Å². The summed E-state index contributed by atoms with van der Waals surface area (Å²) < 4.78 is 0. The highest BCUT2D eigenvalue weighted by Gasteiger charge is 2.02. The van der Waals surface area contributed by atoms with Crippen molar-refractivity contribution in [1.82, 2.24) is 0 Å². The molecule has 0 radical (unpaired) electrons. The average molecular weight is 286 g/mol. The van der Waals surface area contributed by atoms with Gasteiger partial charge in [0.1, 0.15) is 0 Å². The lowest BCUT2D eigenvalue weighted by Gasteiger charge is -2.07. The highest BCUT2D eigenvalue weighted by molar-refractivity contribution is 7.99. The van der Waals surface area contributed by atoms with Gasteiger partial charge in [0.05, 0.1) is 6.54 Å². The minimum absolute atomic E-state index is 0.000848. The SMILES string of the molecule is Cc1ccc(Sc2ccc(NC(=O)CN)cc2)cc1C. The number of carbonyl (C=O) groups excluding carboxylic acids is 1. The third kappa shape index (κ3) is 3.85. The minimum Gasteiger partial charge on any atom is -0.325 e. The zero-order chi connectivity index (χ0) is 14.5. The Morgan fingerprint density at radius 3 is 2.30 bits per heavy atom. The van der Waals surface area contributed by atoms with E-state index in [0.717, 1.165) is 10.6 Å². The summed E-state index contributed by atoms with van der Waals surface area (Å²) in [7, 11) is 0. The van der Waals surface area contributed by atoms with E-state index in [2.05, 4.69) is 37.4 Å². The maximum atomic E-state index is 11.2. The molecule has 0 aliphatic rings. The molecule has 2 aromatic rings. The number of anilines is 1. The number of amides is 1. The van der Waals surface area contributed by atoms with Crippen LogP contribution in [0.3, 0.4) is 0 Å². The van der Waals surface area contributed by atoms with Crippen LogP contribution in [-0.4, -0.2) is 12.5 Å². The molecule has 0 atom stereocenters. The van der Waals surface area contributed by atoms with Crippen molar-refractivity contribution in [2.45, 2.75) is 23.6 Å². The van der Waals surface area contributed by atoms with Crippen LogP contribution in [0, 0.1) is 13.8 Å². The molecule has 0 bridgehead atoms. The highest BCUT2D eigenvalue weighted by atomic mass is 32.2. The van der Waals surface area contributed by atoms with E-state index in [4.69, 9.17) is 5.73 Å². The second-order valence-corrected chi connectivity index (χ2v) is 5.77. The monoisotopic (exact) mass is 286 g/mol. The van der Waals surface area contributed by atoms with Crippen LogP contribution in [0.5, 0.6) is 0 Å². The topological polar surface area (TPSA) is 55.1 Å². The molecule has 1 amide bonds. The largest absolute Gasteiger partial charge is 0.325 e. The molecule has 20 heavy (non-hydrogen) atoms. The average Bonchev–Trinajstić information content (AvgIpc) is 2.45. The molecule has 4 heteroatoms. The zero-order valence-electron chi connectivity index (χ0n) is 11.6. The molecule has 104 valence electrons. The van der Waals surface area contributed by atoms with Gasteiger partial charge in [-0.2, -0.15) is 0 Å². The Morgan fingerprint density at radius 1 is 1.05 bits per heavy atom. The Kier molecular flexibility index (Phi) is 4.82. The smallest absolute Gasteiger partial charge is 0.238 e. The summed E-state index contributed by atoms with van der Waals surface area (Å²) in [6.45, 7) is 4.22. The Balaban J connectivity index is 2.06. The second-order valence-electron chi connectivity index (χ2n) is 4.62. The first-order valence-corrected chi connectivity index (χ1v) is 7.25. The molecule has 2 aromatic carbocycles. The van der Waals surface area contributed by atoms with E-state index in [-0.39, 0.29) is 12.5 Å². The fourth-order valence-corrected chi connectivity index (χ4v) is 2.65. The number of nitrogens with one attached hydrogen (secondary N) is 1. The maximum absolute atomic E-state index is 11.2. The summed E-state index contributed by atoms with van der Waals surface area (Å²) in [5, 5.41) is 2.73. The number of benzene rings is 2. The second kappa shape index (κ2) is 6.59. The van der Waals surface area contributed by atoms with Gasteiger partial charge >= 0.3 is 0 Å². The zero-order valence-corrected chi connectivity index (χ0v) is 12.5. The van der Waals surface area contributed by atoms with Crippen LogP contribution >= 0.6 is 11.8 Å². The van der Waals surface area contributed by atoms with Crippen molar-refractivity contribution >= 4 is 23.4 Å². The summed E-state index contributed by atoms with van der Waals surface area (Å²) in [6, 6.07) is 14.2. The van der Waals surface area contributed by atoms with Crippen molar-refractivity contribution in [2.75, 3.05) is 11.9 Å². The Hall–Kier alpha value is -1.78. The number of rotatable bonds is 4. The normalized spacial score (nSPS) is 10.3. The van der Waals surface area contributed by atoms with Crippen LogP contribution in [-0.2, 0) is 4.79 Å². The molecular weight excluding hydrogens is 268 g/mol. The number of aryl methyl sites for hydroxylation is 2.